The van der Waals surface area contributed by atoms with Gasteiger partial charge < -0.3 is 60.0 Å². The molecule has 31 heteroatoms. The van der Waals surface area contributed by atoms with Gasteiger partial charge in [0.2, 0.25) is 18.1 Å². The van der Waals surface area contributed by atoms with Crippen molar-refractivity contribution in [2.24, 2.45) is 16.9 Å². The highest BCUT2D eigenvalue weighted by molar-refractivity contribution is 6.30. The van der Waals surface area contributed by atoms with E-state index in [1.54, 1.807) is 199 Å². The first-order valence-corrected chi connectivity index (χ1v) is 46.5. The third-order valence-electron chi connectivity index (χ3n) is 23.7. The van der Waals surface area contributed by atoms with Gasteiger partial charge in [-0.3, -0.25) is 43.5 Å². The molecule has 0 radical (unpaired) electrons. The van der Waals surface area contributed by atoms with Crippen LogP contribution in [0, 0.1) is 30.4 Å². The molecule has 0 aliphatic heterocycles. The number of fused-ring (bicyclic) bond motifs is 5. The lowest BCUT2D eigenvalue weighted by molar-refractivity contribution is -0.682. The summed E-state index contributed by atoms with van der Waals surface area (Å²) in [5, 5.41) is 41.4. The maximum absolute atomic E-state index is 13.3. The number of H-pyrrole nitrogens is 1. The van der Waals surface area contributed by atoms with Gasteiger partial charge in [0, 0.05) is 110 Å². The number of hydrazone groups is 1. The van der Waals surface area contributed by atoms with E-state index < -0.39 is 17.3 Å². The van der Waals surface area contributed by atoms with E-state index in [1.165, 1.54) is 57.3 Å². The summed E-state index contributed by atoms with van der Waals surface area (Å²) in [7, 11) is 2.92. The molecule has 11 aromatic carbocycles. The number of aryl methyl sites for hydroxylation is 1. The fraction of sp³-hybridized carbons (Fsp3) is 0.170. The Morgan fingerprint density at radius 1 is 0.531 bits per heavy atom. The molecule has 6 aromatic heterocycles. The van der Waals surface area contributed by atoms with Crippen LogP contribution in [-0.2, 0) is 17.8 Å². The van der Waals surface area contributed by atoms with Gasteiger partial charge in [-0.2, -0.15) is 14.7 Å². The van der Waals surface area contributed by atoms with Gasteiger partial charge in [-0.05, 0) is 274 Å². The number of phenolic OH excluding ortho intramolecular Hbond substituents is 1. The summed E-state index contributed by atoms with van der Waals surface area (Å²) in [5.41, 5.74) is 11.6. The molecule has 0 spiro atoms. The highest BCUT2D eigenvalue weighted by Gasteiger charge is 2.30. The van der Waals surface area contributed by atoms with E-state index in [4.69, 9.17) is 35.0 Å². The molecule has 17 aromatic rings. The molecule has 722 valence electrons. The number of methoxy groups -OCH3 is 2. The van der Waals surface area contributed by atoms with Crippen LogP contribution in [0.1, 0.15) is 137 Å². The number of pyridine rings is 3. The molecule has 0 bridgehead atoms. The molecule has 6 heterocycles. The Labute approximate surface area is 826 Å². The van der Waals surface area contributed by atoms with Crippen molar-refractivity contribution in [2.75, 3.05) is 42.2 Å². The smallest absolute Gasteiger partial charge is 0.347 e. The molecule has 0 unspecified atom stereocenters. The van der Waals surface area contributed by atoms with E-state index in [0.29, 0.717) is 107 Å². The zero-order chi connectivity index (χ0) is 99.9. The summed E-state index contributed by atoms with van der Waals surface area (Å²) in [4.78, 5) is 114. The Morgan fingerprint density at radius 2 is 1.11 bits per heavy atom. The van der Waals surface area contributed by atoms with Crippen LogP contribution >= 0.6 is 11.6 Å². The van der Waals surface area contributed by atoms with Crippen molar-refractivity contribution in [1.29, 1.82) is 0 Å². The van der Waals surface area contributed by atoms with Gasteiger partial charge in [-0.1, -0.05) is 121 Å². The second-order valence-electron chi connectivity index (χ2n) is 33.9. The monoisotopic (exact) mass is 1940 g/mol. The molecule has 2 aliphatic rings. The van der Waals surface area contributed by atoms with Crippen molar-refractivity contribution in [3.63, 3.8) is 0 Å². The average molecular weight is 1940 g/mol. The highest BCUT2D eigenvalue weighted by atomic mass is 35.5. The van der Waals surface area contributed by atoms with Gasteiger partial charge in [-0.15, -0.1) is 10.2 Å². The van der Waals surface area contributed by atoms with Crippen molar-refractivity contribution in [2.45, 2.75) is 89.8 Å². The Balaban J connectivity index is 0.000000135. The number of aromatic amines is 1. The number of benzene rings is 11. The maximum atomic E-state index is 13.3. The minimum absolute atomic E-state index is 0.00470. The Bertz CT molecular complexity index is 7240. The van der Waals surface area contributed by atoms with Gasteiger partial charge in [-0.25, -0.2) is 19.0 Å². The summed E-state index contributed by atoms with van der Waals surface area (Å²) in [6.07, 6.45) is 21.0. The number of aromatic hydroxyl groups is 1. The molecule has 0 atom stereocenters. The van der Waals surface area contributed by atoms with Crippen LogP contribution in [0.3, 0.4) is 0 Å². The second kappa shape index (κ2) is 49.2. The number of aromatic nitrogens is 7. The lowest BCUT2D eigenvalue weighted by atomic mass is 9.75. The van der Waals surface area contributed by atoms with E-state index in [9.17, 15) is 52.2 Å². The standard InChI is InChI=1S/C27H32F2N2O2.C25H19N3O3.C23H16N2O4.C19H16ClNO2.C18H16N6O3/c28-22-5-1-3-20(16-22)26(32)30-24-11-7-18(8-12-24)15-19-9-13-25(14-10-19)31-27(33)21-4-2-6-23(29)17-21;29-24(19-3-1-13-26-16-19)15-18-5-9-22(10-6-18)31-23-11-7-21(8-12-23)28-25(30)20-4-2-14-27-17-20;26-20(19-13-17-9-4-5-11-21(17)29-23(19)28)15-25-12-6-10-18(14-25)24-22(27)16-7-2-1-3-8-16;1-13-10-16(20)7-9-18(13)23-12-19(22)21-17-8-6-14-4-2-3-5-15(14)11-17;1-26-13-7-10(8-14(27-2)16(13)25)9-19-23-18-21-17-15(22-24-18)11-5-3-4-6-12(11)20-17/h1-6,16-19,24-25H,7-15H2,(H,30,32)(H,31,33);1-14,16-17H,15H2,(H,28,30);1-14H,15H2;2-11H,12H2,1H3,(H,21,22);3-9,25H,1-2H3,(H2,20,21,23,24)/p+1/b;;;;19-9+. The number of ketones is 2. The number of halogens is 3. The van der Waals surface area contributed by atoms with Crippen LogP contribution in [0.15, 0.2) is 343 Å². The fourth-order valence-corrected chi connectivity index (χ4v) is 16.6. The predicted molar refractivity (Wildman–Crippen MR) is 545 cm³/mol. The molecule has 143 heavy (non-hydrogen) atoms. The first kappa shape index (κ1) is 99.9. The van der Waals surface area contributed by atoms with Crippen LogP contribution in [0.5, 0.6) is 34.5 Å². The number of phenols is 1. The molecule has 5 amide bonds. The van der Waals surface area contributed by atoms with Gasteiger partial charge in [0.1, 0.15) is 51.2 Å². The van der Waals surface area contributed by atoms with Gasteiger partial charge in [0.25, 0.3) is 35.5 Å². The lowest BCUT2D eigenvalue weighted by Gasteiger charge is -2.34. The topological polar surface area (TPSA) is 376 Å². The SMILES string of the molecule is COc1cc(/C=N/Nc2nnc3c(n2)[nH]c2ccccc23)cc(OC)c1O.Cc1cc(Cl)ccc1OCC(=O)Nc1ccc2ccccc2c1.O=C(Cc1ccc(Oc2ccc(NC(=O)c3cccnc3)cc2)cc1)c1cccnc1.O=C(NC1CCC(CC2CCC(NC(=O)c3cccc(F)c3)CC2)CC1)c1cccc(F)c1.O=C(Nc1ccc[n+](CC(=O)c2cc3ccccc3oc2=O)c1)c1ccccc1. The third kappa shape index (κ3) is 28.6. The lowest BCUT2D eigenvalue weighted by Crippen LogP contribution is -2.39. The number of amides is 5. The van der Waals surface area contributed by atoms with Gasteiger partial charge in [0.05, 0.1) is 26.0 Å². The number of rotatable bonds is 27. The first-order valence-electron chi connectivity index (χ1n) is 46.1. The van der Waals surface area contributed by atoms with Crippen molar-refractivity contribution in [3.8, 4) is 34.5 Å². The number of hydrogen-bond donors (Lipinski definition) is 8. The number of carbonyl (C=O) groups excluding carboxylic acids is 7. The normalized spacial score (nSPS) is 14.1. The van der Waals surface area contributed by atoms with Crippen molar-refractivity contribution in [1.82, 2.24) is 40.8 Å². The number of Topliss-reactive ketones (excluding diaryl/α,β-unsaturated/α-hetero) is 2. The molecule has 2 saturated carbocycles. The van der Waals surface area contributed by atoms with Crippen molar-refractivity contribution >= 4 is 126 Å². The maximum Gasteiger partial charge on any atom is 0.347 e. The number of anilines is 4. The molecule has 28 nitrogen and oxygen atoms in total. The minimum atomic E-state index is -0.664. The van der Waals surface area contributed by atoms with Crippen LogP contribution in [0.2, 0.25) is 5.02 Å². The Hall–Kier alpha value is -17.5. The molecule has 0 saturated heterocycles. The van der Waals surface area contributed by atoms with E-state index in [2.05, 4.69) is 67.2 Å². The molecule has 19 rings (SSSR count). The summed E-state index contributed by atoms with van der Waals surface area (Å²) in [5.74, 6) is 1.85. The molecule has 2 fully saturated rings. The van der Waals surface area contributed by atoms with Crippen LogP contribution in [0.25, 0.3) is 43.8 Å². The van der Waals surface area contributed by atoms with E-state index in [0.717, 1.165) is 89.9 Å². The summed E-state index contributed by atoms with van der Waals surface area (Å²) < 4.78 is 55.2. The Kier molecular flexibility index (Phi) is 34.3. The molecular formula is C112H100ClF2N14O14+. The minimum Gasteiger partial charge on any atom is -0.502 e. The second-order valence-corrected chi connectivity index (χ2v) is 34.3. The number of nitrogens with zero attached hydrogens (tertiary/aromatic N) is 7. The van der Waals surface area contributed by atoms with Gasteiger partial charge in [0.15, 0.2) is 41.9 Å². The van der Waals surface area contributed by atoms with Crippen molar-refractivity contribution in [3.05, 3.63) is 406 Å². The first-order chi connectivity index (χ1) is 69.5. The van der Waals surface area contributed by atoms with Gasteiger partial charge >= 0.3 is 5.63 Å². The summed E-state index contributed by atoms with van der Waals surface area (Å²) >= 11 is 5.90. The molecule has 2 aliphatic carbocycles. The largest absolute Gasteiger partial charge is 0.502 e. The summed E-state index contributed by atoms with van der Waals surface area (Å²) in [6, 6.07) is 84.4. The Morgan fingerprint density at radius 3 is 1.75 bits per heavy atom. The summed E-state index contributed by atoms with van der Waals surface area (Å²) in [6.45, 7) is 1.79. The van der Waals surface area contributed by atoms with Crippen molar-refractivity contribution < 1.29 is 75.4 Å². The zero-order valence-electron chi connectivity index (χ0n) is 78.1. The van der Waals surface area contributed by atoms with Crippen LogP contribution < -0.4 is 61.1 Å². The average Bonchev–Trinajstić information content (AvgIpc) is 1.68. The number of hydrogen-bond acceptors (Lipinski definition) is 21. The fourth-order valence-electron chi connectivity index (χ4n) is 16.4. The quantitative estimate of drug-likeness (QED) is 0.00779. The molecular weight excluding hydrogens is 1840 g/mol. The third-order valence-corrected chi connectivity index (χ3v) is 23.9. The zero-order valence-corrected chi connectivity index (χ0v) is 78.8. The van der Waals surface area contributed by atoms with E-state index in [-0.39, 0.29) is 95.1 Å². The van der Waals surface area contributed by atoms with Crippen LogP contribution in [0.4, 0.5) is 31.8 Å². The van der Waals surface area contributed by atoms with E-state index in [1.807, 2.05) is 110 Å². The number of para-hydroxylation sites is 2. The number of carbonyl (C=O) groups is 7. The number of ether oxygens (including phenoxy) is 4. The predicted octanol–water partition coefficient (Wildman–Crippen LogP) is 21.3. The van der Waals surface area contributed by atoms with E-state index >= 15 is 0 Å². The highest BCUT2D eigenvalue weighted by Crippen LogP contribution is 2.39. The molecule has 8 N–H and O–H groups in total. The van der Waals surface area contributed by atoms with Crippen LogP contribution in [-0.4, -0.2) is 115 Å². The number of nitrogens with one attached hydrogen (secondary N) is 7.